The Labute approximate surface area is 84.1 Å². The monoisotopic (exact) mass is 198 g/mol. The van der Waals surface area contributed by atoms with Gasteiger partial charge in [0.1, 0.15) is 0 Å². The van der Waals surface area contributed by atoms with Crippen LogP contribution in [0.25, 0.3) is 0 Å². The standard InChI is InChI=1S/C9H18N4O/c1-3-10-6-9-7-13(12-11-9)5-4-8(2)14/h7-8,10,14H,3-6H2,1-2H3. The quantitative estimate of drug-likeness (QED) is 0.683. The first kappa shape index (κ1) is 11.1. The van der Waals surface area contributed by atoms with Crippen molar-refractivity contribution in [2.75, 3.05) is 6.54 Å². The highest BCUT2D eigenvalue weighted by molar-refractivity contribution is 4.91. The van der Waals surface area contributed by atoms with Gasteiger partial charge >= 0.3 is 0 Å². The number of nitrogens with zero attached hydrogens (tertiary/aromatic N) is 3. The largest absolute Gasteiger partial charge is 0.393 e. The van der Waals surface area contributed by atoms with E-state index in [0.29, 0.717) is 6.42 Å². The van der Waals surface area contributed by atoms with Crippen molar-refractivity contribution < 1.29 is 5.11 Å². The van der Waals surface area contributed by atoms with Crippen LogP contribution in [0.2, 0.25) is 0 Å². The molecule has 1 heterocycles. The average molecular weight is 198 g/mol. The van der Waals surface area contributed by atoms with Crippen molar-refractivity contribution in [1.82, 2.24) is 20.3 Å². The Bertz CT molecular complexity index is 259. The van der Waals surface area contributed by atoms with Gasteiger partial charge in [-0.1, -0.05) is 12.1 Å². The fourth-order valence-electron chi connectivity index (χ4n) is 1.10. The van der Waals surface area contributed by atoms with Crippen molar-refractivity contribution in [3.63, 3.8) is 0 Å². The van der Waals surface area contributed by atoms with Gasteiger partial charge in [0.25, 0.3) is 0 Å². The van der Waals surface area contributed by atoms with Gasteiger partial charge in [-0.25, -0.2) is 0 Å². The van der Waals surface area contributed by atoms with Gasteiger partial charge in [-0.15, -0.1) is 5.10 Å². The molecule has 1 rings (SSSR count). The van der Waals surface area contributed by atoms with E-state index in [9.17, 15) is 0 Å². The third-order valence-corrected chi connectivity index (χ3v) is 1.92. The second-order valence-electron chi connectivity index (χ2n) is 3.39. The highest BCUT2D eigenvalue weighted by Gasteiger charge is 2.01. The molecule has 1 unspecified atom stereocenters. The minimum atomic E-state index is -0.281. The van der Waals surface area contributed by atoms with Crippen molar-refractivity contribution in [1.29, 1.82) is 0 Å². The number of rotatable bonds is 6. The van der Waals surface area contributed by atoms with E-state index in [4.69, 9.17) is 5.11 Å². The van der Waals surface area contributed by atoms with Gasteiger partial charge < -0.3 is 10.4 Å². The molecule has 14 heavy (non-hydrogen) atoms. The van der Waals surface area contributed by atoms with E-state index in [1.54, 1.807) is 11.6 Å². The predicted molar refractivity (Wildman–Crippen MR) is 53.7 cm³/mol. The zero-order valence-corrected chi connectivity index (χ0v) is 8.77. The third kappa shape index (κ3) is 3.85. The number of aryl methyl sites for hydroxylation is 1. The van der Waals surface area contributed by atoms with Crippen molar-refractivity contribution in [3.8, 4) is 0 Å². The van der Waals surface area contributed by atoms with Crippen LogP contribution in [-0.2, 0) is 13.1 Å². The molecule has 0 amide bonds. The normalized spacial score (nSPS) is 13.1. The Morgan fingerprint density at radius 3 is 3.07 bits per heavy atom. The van der Waals surface area contributed by atoms with Gasteiger partial charge in [0, 0.05) is 19.3 Å². The summed E-state index contributed by atoms with van der Waals surface area (Å²) in [5, 5.41) is 20.2. The molecule has 0 aliphatic heterocycles. The van der Waals surface area contributed by atoms with Crippen LogP contribution < -0.4 is 5.32 Å². The van der Waals surface area contributed by atoms with E-state index < -0.39 is 0 Å². The third-order valence-electron chi connectivity index (χ3n) is 1.92. The first-order valence-corrected chi connectivity index (χ1v) is 5.00. The first-order chi connectivity index (χ1) is 6.72. The molecule has 0 fully saturated rings. The first-order valence-electron chi connectivity index (χ1n) is 5.00. The maximum atomic E-state index is 9.09. The van der Waals surface area contributed by atoms with E-state index in [2.05, 4.69) is 22.6 Å². The molecule has 0 spiro atoms. The van der Waals surface area contributed by atoms with Crippen LogP contribution in [0, 0.1) is 0 Å². The summed E-state index contributed by atoms with van der Waals surface area (Å²) >= 11 is 0. The summed E-state index contributed by atoms with van der Waals surface area (Å²) < 4.78 is 1.76. The molecule has 0 saturated carbocycles. The van der Waals surface area contributed by atoms with Gasteiger partial charge in [0.05, 0.1) is 11.8 Å². The van der Waals surface area contributed by atoms with E-state index >= 15 is 0 Å². The summed E-state index contributed by atoms with van der Waals surface area (Å²) in [6, 6.07) is 0. The van der Waals surface area contributed by atoms with Gasteiger partial charge in [-0.2, -0.15) is 0 Å². The predicted octanol–water partition coefficient (Wildman–Crippen LogP) is 0.158. The summed E-state index contributed by atoms with van der Waals surface area (Å²) in [5.74, 6) is 0. The van der Waals surface area contributed by atoms with Crippen molar-refractivity contribution in [2.45, 2.75) is 39.5 Å². The molecule has 0 aromatic carbocycles. The summed E-state index contributed by atoms with van der Waals surface area (Å²) in [6.07, 6.45) is 2.34. The highest BCUT2D eigenvalue weighted by atomic mass is 16.3. The minimum Gasteiger partial charge on any atom is -0.393 e. The fraction of sp³-hybridized carbons (Fsp3) is 0.778. The highest BCUT2D eigenvalue weighted by Crippen LogP contribution is 1.96. The second-order valence-corrected chi connectivity index (χ2v) is 3.39. The van der Waals surface area contributed by atoms with Gasteiger partial charge in [-0.05, 0) is 19.9 Å². The van der Waals surface area contributed by atoms with Gasteiger partial charge in [0.15, 0.2) is 0 Å². The molecule has 0 aliphatic rings. The molecule has 0 bridgehead atoms. The molecule has 2 N–H and O–H groups in total. The molecule has 5 nitrogen and oxygen atoms in total. The van der Waals surface area contributed by atoms with Crippen LogP contribution in [0.4, 0.5) is 0 Å². The summed E-state index contributed by atoms with van der Waals surface area (Å²) in [5.41, 5.74) is 0.942. The number of nitrogens with one attached hydrogen (secondary N) is 1. The number of aromatic nitrogens is 3. The number of aliphatic hydroxyl groups is 1. The molecule has 1 aromatic heterocycles. The fourth-order valence-corrected chi connectivity index (χ4v) is 1.10. The average Bonchev–Trinajstić information content (AvgIpc) is 2.59. The SMILES string of the molecule is CCNCc1cn(CCC(C)O)nn1. The topological polar surface area (TPSA) is 63.0 Å². The summed E-state index contributed by atoms with van der Waals surface area (Å²) in [7, 11) is 0. The lowest BCUT2D eigenvalue weighted by atomic mass is 10.3. The molecule has 5 heteroatoms. The van der Waals surface area contributed by atoms with Crippen LogP contribution in [0.15, 0.2) is 6.20 Å². The lowest BCUT2D eigenvalue weighted by Crippen LogP contribution is -2.11. The lowest BCUT2D eigenvalue weighted by Gasteiger charge is -2.02. The molecule has 80 valence electrons. The molecule has 0 radical (unpaired) electrons. The van der Waals surface area contributed by atoms with Crippen molar-refractivity contribution >= 4 is 0 Å². The van der Waals surface area contributed by atoms with E-state index in [0.717, 1.165) is 25.3 Å². The molecule has 1 aromatic rings. The Morgan fingerprint density at radius 2 is 2.43 bits per heavy atom. The summed E-state index contributed by atoms with van der Waals surface area (Å²) in [6.45, 7) is 6.23. The molecule has 0 aliphatic carbocycles. The molecular formula is C9H18N4O. The van der Waals surface area contributed by atoms with Crippen molar-refractivity contribution in [2.24, 2.45) is 0 Å². The number of hydrogen-bond donors (Lipinski definition) is 2. The number of aliphatic hydroxyl groups excluding tert-OH is 1. The van der Waals surface area contributed by atoms with Crippen LogP contribution >= 0.6 is 0 Å². The van der Waals surface area contributed by atoms with Gasteiger partial charge in [0.2, 0.25) is 0 Å². The molecule has 0 saturated heterocycles. The Kier molecular flexibility index (Phi) is 4.55. The maximum absolute atomic E-state index is 9.09. The Hall–Kier alpha value is -0.940. The van der Waals surface area contributed by atoms with Crippen molar-refractivity contribution in [3.05, 3.63) is 11.9 Å². The second kappa shape index (κ2) is 5.72. The van der Waals surface area contributed by atoms with Crippen LogP contribution in [0.5, 0.6) is 0 Å². The smallest absolute Gasteiger partial charge is 0.0964 e. The number of hydrogen-bond acceptors (Lipinski definition) is 4. The van der Waals surface area contributed by atoms with Gasteiger partial charge in [-0.3, -0.25) is 4.68 Å². The van der Waals surface area contributed by atoms with Crippen LogP contribution in [0.1, 0.15) is 26.0 Å². The lowest BCUT2D eigenvalue weighted by molar-refractivity contribution is 0.176. The van der Waals surface area contributed by atoms with E-state index in [-0.39, 0.29) is 6.10 Å². The minimum absolute atomic E-state index is 0.281. The maximum Gasteiger partial charge on any atom is 0.0964 e. The van der Waals surface area contributed by atoms with E-state index in [1.807, 2.05) is 6.20 Å². The Morgan fingerprint density at radius 1 is 1.64 bits per heavy atom. The molecular weight excluding hydrogens is 180 g/mol. The zero-order chi connectivity index (χ0) is 10.4. The zero-order valence-electron chi connectivity index (χ0n) is 8.77. The van der Waals surface area contributed by atoms with Crippen LogP contribution in [0.3, 0.4) is 0 Å². The molecule has 1 atom stereocenters. The van der Waals surface area contributed by atoms with E-state index in [1.165, 1.54) is 0 Å². The Balaban J connectivity index is 2.35. The summed E-state index contributed by atoms with van der Waals surface area (Å²) in [4.78, 5) is 0. The van der Waals surface area contributed by atoms with Crippen LogP contribution in [-0.4, -0.2) is 32.7 Å².